The molecule has 0 radical (unpaired) electrons. The number of hydrogen-bond donors (Lipinski definition) is 1. The summed E-state index contributed by atoms with van der Waals surface area (Å²) in [7, 11) is 1.87. The molecule has 1 aromatic carbocycles. The molecule has 0 aliphatic rings. The third-order valence-corrected chi connectivity index (χ3v) is 5.22. The molecule has 0 aliphatic heterocycles. The lowest BCUT2D eigenvalue weighted by molar-refractivity contribution is 0.175. The van der Waals surface area contributed by atoms with Gasteiger partial charge in [-0.3, -0.25) is 4.68 Å². The molecule has 1 N–H and O–H groups in total. The van der Waals surface area contributed by atoms with E-state index in [0.717, 1.165) is 25.9 Å². The van der Waals surface area contributed by atoms with Crippen LogP contribution in [0.15, 0.2) is 27.1 Å². The fraction of sp³-hybridized carbons (Fsp3) is 0.308. The van der Waals surface area contributed by atoms with Gasteiger partial charge in [0.05, 0.1) is 27.0 Å². The highest BCUT2D eigenvalue weighted by atomic mass is 79.9. The number of hydrogen-bond acceptors (Lipinski definition) is 2. The summed E-state index contributed by atoms with van der Waals surface area (Å²) < 4.78 is 3.51. The Labute approximate surface area is 133 Å². The van der Waals surface area contributed by atoms with Gasteiger partial charge in [-0.1, -0.05) is 17.7 Å². The number of aromatic nitrogens is 2. The van der Waals surface area contributed by atoms with Crippen LogP contribution in [0.3, 0.4) is 0 Å². The van der Waals surface area contributed by atoms with Gasteiger partial charge in [0, 0.05) is 17.9 Å². The smallest absolute Gasteiger partial charge is 0.0846 e. The molecule has 102 valence electrons. The van der Waals surface area contributed by atoms with E-state index in [-0.39, 0.29) is 0 Å². The summed E-state index contributed by atoms with van der Waals surface area (Å²) in [5.41, 5.74) is 2.71. The highest BCUT2D eigenvalue weighted by molar-refractivity contribution is 9.10. The molecule has 1 aromatic heterocycles. The van der Waals surface area contributed by atoms with E-state index in [9.17, 15) is 5.11 Å². The number of halogens is 3. The van der Waals surface area contributed by atoms with Crippen molar-refractivity contribution in [3.8, 4) is 0 Å². The van der Waals surface area contributed by atoms with Crippen LogP contribution in [0.5, 0.6) is 0 Å². The number of aryl methyl sites for hydroxylation is 2. The van der Waals surface area contributed by atoms with Crippen LogP contribution in [0.2, 0.25) is 5.02 Å². The summed E-state index contributed by atoms with van der Waals surface area (Å²) >= 11 is 12.8. The SMILES string of the molecule is Cc1nn(C)c(CC(O)c2ccc(Cl)c(Br)c2)c1Br. The Balaban J connectivity index is 2.25. The van der Waals surface area contributed by atoms with E-state index in [0.29, 0.717) is 11.4 Å². The van der Waals surface area contributed by atoms with E-state index in [2.05, 4.69) is 37.0 Å². The lowest BCUT2D eigenvalue weighted by Gasteiger charge is -2.12. The predicted molar refractivity (Wildman–Crippen MR) is 83.5 cm³/mol. The number of benzene rings is 1. The quantitative estimate of drug-likeness (QED) is 0.827. The van der Waals surface area contributed by atoms with Crippen LogP contribution in [0.4, 0.5) is 0 Å². The minimum Gasteiger partial charge on any atom is -0.388 e. The molecule has 2 aromatic rings. The molecule has 0 amide bonds. The standard InChI is InChI=1S/C13H13Br2ClN2O/c1-7-13(15)11(18(2)17-7)6-12(19)8-3-4-10(16)9(14)5-8/h3-5,12,19H,6H2,1-2H3. The Morgan fingerprint density at radius 3 is 2.63 bits per heavy atom. The maximum absolute atomic E-state index is 10.3. The van der Waals surface area contributed by atoms with Crippen molar-refractivity contribution in [3.05, 3.63) is 49.1 Å². The van der Waals surface area contributed by atoms with Gasteiger partial charge >= 0.3 is 0 Å². The number of aliphatic hydroxyl groups is 1. The Morgan fingerprint density at radius 2 is 2.11 bits per heavy atom. The molecule has 0 saturated heterocycles. The van der Waals surface area contributed by atoms with E-state index < -0.39 is 6.10 Å². The predicted octanol–water partition coefficient (Wildman–Crippen LogP) is 4.18. The van der Waals surface area contributed by atoms with Crippen molar-refractivity contribution < 1.29 is 5.11 Å². The normalized spacial score (nSPS) is 12.7. The molecule has 2 rings (SSSR count). The van der Waals surface area contributed by atoms with Crippen LogP contribution in [0, 0.1) is 6.92 Å². The lowest BCUT2D eigenvalue weighted by Crippen LogP contribution is -2.07. The van der Waals surface area contributed by atoms with Gasteiger partial charge in [0.15, 0.2) is 0 Å². The minimum absolute atomic E-state index is 0.492. The van der Waals surface area contributed by atoms with Crippen molar-refractivity contribution in [3.63, 3.8) is 0 Å². The molecule has 0 aliphatic carbocycles. The number of aliphatic hydroxyl groups excluding tert-OH is 1. The maximum Gasteiger partial charge on any atom is 0.0846 e. The highest BCUT2D eigenvalue weighted by Crippen LogP contribution is 2.29. The highest BCUT2D eigenvalue weighted by Gasteiger charge is 2.17. The third kappa shape index (κ3) is 3.21. The molecule has 0 saturated carbocycles. The van der Waals surface area contributed by atoms with Crippen molar-refractivity contribution in [2.75, 3.05) is 0 Å². The van der Waals surface area contributed by atoms with Crippen LogP contribution in [-0.2, 0) is 13.5 Å². The summed E-state index contributed by atoms with van der Waals surface area (Å²) in [6, 6.07) is 5.44. The molecular weight excluding hydrogens is 395 g/mol. The van der Waals surface area contributed by atoms with Crippen LogP contribution in [0.25, 0.3) is 0 Å². The summed E-state index contributed by atoms with van der Waals surface area (Å²) in [6.07, 6.45) is -0.105. The molecule has 19 heavy (non-hydrogen) atoms. The average Bonchev–Trinajstić information content (AvgIpc) is 2.59. The minimum atomic E-state index is -0.598. The molecule has 1 unspecified atom stereocenters. The van der Waals surface area contributed by atoms with Gasteiger partial charge in [-0.25, -0.2) is 0 Å². The second kappa shape index (κ2) is 5.95. The second-order valence-corrected chi connectivity index (χ2v) is 6.42. The van der Waals surface area contributed by atoms with Crippen LogP contribution >= 0.6 is 43.5 Å². The van der Waals surface area contributed by atoms with Gasteiger partial charge in [0.1, 0.15) is 0 Å². The summed E-state index contributed by atoms with van der Waals surface area (Å²) in [4.78, 5) is 0. The van der Waals surface area contributed by atoms with Crippen molar-refractivity contribution in [1.82, 2.24) is 9.78 Å². The van der Waals surface area contributed by atoms with Crippen molar-refractivity contribution in [1.29, 1.82) is 0 Å². The first-order chi connectivity index (χ1) is 8.90. The Kier molecular flexibility index (Phi) is 4.71. The molecule has 1 atom stereocenters. The summed E-state index contributed by atoms with van der Waals surface area (Å²) in [5.74, 6) is 0. The van der Waals surface area contributed by atoms with E-state index >= 15 is 0 Å². The molecule has 6 heteroatoms. The van der Waals surface area contributed by atoms with E-state index in [4.69, 9.17) is 11.6 Å². The molecule has 0 spiro atoms. The van der Waals surface area contributed by atoms with Gasteiger partial charge in [0.25, 0.3) is 0 Å². The number of nitrogens with zero attached hydrogens (tertiary/aromatic N) is 2. The van der Waals surface area contributed by atoms with Crippen LogP contribution < -0.4 is 0 Å². The first kappa shape index (κ1) is 15.0. The van der Waals surface area contributed by atoms with Gasteiger partial charge in [-0.2, -0.15) is 5.10 Å². The summed E-state index contributed by atoms with van der Waals surface area (Å²) in [5, 5.41) is 15.3. The van der Waals surface area contributed by atoms with Gasteiger partial charge < -0.3 is 5.11 Å². The Morgan fingerprint density at radius 1 is 1.42 bits per heavy atom. The first-order valence-corrected chi connectivity index (χ1v) is 7.67. The fourth-order valence-corrected chi connectivity index (χ4v) is 2.93. The van der Waals surface area contributed by atoms with E-state index in [1.165, 1.54) is 0 Å². The summed E-state index contributed by atoms with van der Waals surface area (Å²) in [6.45, 7) is 1.93. The van der Waals surface area contributed by atoms with Crippen molar-refractivity contribution >= 4 is 43.5 Å². The third-order valence-electron chi connectivity index (χ3n) is 2.98. The largest absolute Gasteiger partial charge is 0.388 e. The average molecular weight is 409 g/mol. The van der Waals surface area contributed by atoms with Crippen LogP contribution in [-0.4, -0.2) is 14.9 Å². The maximum atomic E-state index is 10.3. The van der Waals surface area contributed by atoms with Gasteiger partial charge in [-0.05, 0) is 56.5 Å². The Hall–Kier alpha value is -0.360. The molecular formula is C13H13Br2ClN2O. The fourth-order valence-electron chi connectivity index (χ4n) is 1.92. The zero-order valence-electron chi connectivity index (χ0n) is 10.5. The topological polar surface area (TPSA) is 38.0 Å². The molecule has 0 fully saturated rings. The Bertz CT molecular complexity index is 613. The van der Waals surface area contributed by atoms with E-state index in [1.54, 1.807) is 10.7 Å². The zero-order valence-corrected chi connectivity index (χ0v) is 14.4. The molecule has 1 heterocycles. The monoisotopic (exact) mass is 406 g/mol. The molecule has 3 nitrogen and oxygen atoms in total. The van der Waals surface area contributed by atoms with Gasteiger partial charge in [-0.15, -0.1) is 0 Å². The van der Waals surface area contributed by atoms with Crippen molar-refractivity contribution in [2.24, 2.45) is 7.05 Å². The van der Waals surface area contributed by atoms with Gasteiger partial charge in [0.2, 0.25) is 0 Å². The number of rotatable bonds is 3. The second-order valence-electron chi connectivity index (χ2n) is 4.36. The first-order valence-electron chi connectivity index (χ1n) is 5.71. The van der Waals surface area contributed by atoms with E-state index in [1.807, 2.05) is 26.1 Å². The molecule has 0 bridgehead atoms. The lowest BCUT2D eigenvalue weighted by atomic mass is 10.0. The van der Waals surface area contributed by atoms with Crippen LogP contribution in [0.1, 0.15) is 23.1 Å². The zero-order chi connectivity index (χ0) is 14.2. The van der Waals surface area contributed by atoms with Crippen molar-refractivity contribution in [2.45, 2.75) is 19.4 Å².